The summed E-state index contributed by atoms with van der Waals surface area (Å²) in [6.07, 6.45) is 0.102. The van der Waals surface area contributed by atoms with Gasteiger partial charge in [-0.1, -0.05) is 22.0 Å². The predicted octanol–water partition coefficient (Wildman–Crippen LogP) is 2.55. The number of carbonyl (C=O) groups is 2. The van der Waals surface area contributed by atoms with Gasteiger partial charge < -0.3 is 10.4 Å². The summed E-state index contributed by atoms with van der Waals surface area (Å²) in [4.78, 5) is 23.0. The van der Waals surface area contributed by atoms with E-state index in [1.807, 2.05) is 0 Å². The van der Waals surface area contributed by atoms with Gasteiger partial charge in [0.25, 0.3) is 5.91 Å². The number of aliphatic hydroxyl groups is 1. The largest absolute Gasteiger partial charge is 0.511 e. The zero-order valence-corrected chi connectivity index (χ0v) is 11.6. The molecule has 1 heterocycles. The normalized spacial score (nSPS) is 19.3. The SMILES string of the molecule is CC(=O)C1=C(O)C[C@H](c2ccc(F)cc2Br)NC1=O. The van der Waals surface area contributed by atoms with Crippen LogP contribution in [0.3, 0.4) is 0 Å². The number of aliphatic hydroxyl groups excluding tert-OH is 1. The monoisotopic (exact) mass is 327 g/mol. The molecule has 0 saturated heterocycles. The topological polar surface area (TPSA) is 66.4 Å². The lowest BCUT2D eigenvalue weighted by atomic mass is 9.95. The summed E-state index contributed by atoms with van der Waals surface area (Å²) in [6, 6.07) is 3.58. The van der Waals surface area contributed by atoms with E-state index in [0.29, 0.717) is 10.0 Å². The van der Waals surface area contributed by atoms with Crippen LogP contribution in [0.15, 0.2) is 34.0 Å². The number of nitrogens with one attached hydrogen (secondary N) is 1. The molecule has 0 aliphatic carbocycles. The molecule has 19 heavy (non-hydrogen) atoms. The van der Waals surface area contributed by atoms with Crippen LogP contribution in [0.5, 0.6) is 0 Å². The highest BCUT2D eigenvalue weighted by Gasteiger charge is 2.31. The van der Waals surface area contributed by atoms with E-state index in [1.54, 1.807) is 0 Å². The molecule has 100 valence electrons. The van der Waals surface area contributed by atoms with Gasteiger partial charge in [0, 0.05) is 10.9 Å². The fraction of sp³-hybridized carbons (Fsp3) is 0.231. The Balaban J connectivity index is 2.36. The van der Waals surface area contributed by atoms with Crippen LogP contribution in [0.25, 0.3) is 0 Å². The molecule has 0 unspecified atom stereocenters. The number of hydrogen-bond acceptors (Lipinski definition) is 3. The third kappa shape index (κ3) is 2.68. The van der Waals surface area contributed by atoms with Gasteiger partial charge >= 0.3 is 0 Å². The van der Waals surface area contributed by atoms with Gasteiger partial charge in [0.2, 0.25) is 0 Å². The first-order chi connectivity index (χ1) is 8.90. The minimum absolute atomic E-state index is 0.102. The Morgan fingerprint density at radius 3 is 2.74 bits per heavy atom. The van der Waals surface area contributed by atoms with Gasteiger partial charge in [0.05, 0.1) is 6.04 Å². The molecule has 0 saturated carbocycles. The third-order valence-corrected chi connectivity index (χ3v) is 3.60. The van der Waals surface area contributed by atoms with E-state index in [-0.39, 0.29) is 17.8 Å². The van der Waals surface area contributed by atoms with E-state index in [4.69, 9.17) is 0 Å². The first-order valence-corrected chi connectivity index (χ1v) is 6.38. The van der Waals surface area contributed by atoms with Crippen LogP contribution in [-0.4, -0.2) is 16.8 Å². The number of rotatable bonds is 2. The van der Waals surface area contributed by atoms with Crippen LogP contribution in [0.4, 0.5) is 4.39 Å². The van der Waals surface area contributed by atoms with Crippen molar-refractivity contribution in [2.24, 2.45) is 0 Å². The van der Waals surface area contributed by atoms with Crippen molar-refractivity contribution in [3.05, 3.63) is 45.4 Å². The maximum Gasteiger partial charge on any atom is 0.258 e. The molecule has 2 N–H and O–H groups in total. The molecule has 1 atom stereocenters. The summed E-state index contributed by atoms with van der Waals surface area (Å²) >= 11 is 3.21. The third-order valence-electron chi connectivity index (χ3n) is 2.91. The van der Waals surface area contributed by atoms with Crippen molar-refractivity contribution in [1.82, 2.24) is 5.32 Å². The van der Waals surface area contributed by atoms with E-state index in [0.717, 1.165) is 0 Å². The molecule has 1 aromatic rings. The number of carbonyl (C=O) groups excluding carboxylic acids is 2. The Hall–Kier alpha value is -1.69. The minimum atomic E-state index is -0.613. The van der Waals surface area contributed by atoms with E-state index in [9.17, 15) is 19.1 Å². The Kier molecular flexibility index (Phi) is 3.71. The predicted molar refractivity (Wildman–Crippen MR) is 69.9 cm³/mol. The summed E-state index contributed by atoms with van der Waals surface area (Å²) in [6.45, 7) is 1.22. The number of halogens is 2. The number of hydrogen-bond donors (Lipinski definition) is 2. The lowest BCUT2D eigenvalue weighted by molar-refractivity contribution is -0.123. The van der Waals surface area contributed by atoms with Gasteiger partial charge in [0.15, 0.2) is 5.78 Å². The van der Waals surface area contributed by atoms with Gasteiger partial charge in [-0.2, -0.15) is 0 Å². The van der Waals surface area contributed by atoms with Gasteiger partial charge in [0.1, 0.15) is 17.1 Å². The Bertz CT molecular complexity index is 598. The quantitative estimate of drug-likeness (QED) is 0.820. The summed E-state index contributed by atoms with van der Waals surface area (Å²) in [5.41, 5.74) is 0.429. The molecule has 0 radical (unpaired) electrons. The molecule has 0 bridgehead atoms. The highest BCUT2D eigenvalue weighted by atomic mass is 79.9. The Labute approximate surface area is 117 Å². The molecule has 1 amide bonds. The van der Waals surface area contributed by atoms with Crippen molar-refractivity contribution in [3.63, 3.8) is 0 Å². The van der Waals surface area contributed by atoms with E-state index in [2.05, 4.69) is 21.2 Å². The average Bonchev–Trinajstić information content (AvgIpc) is 2.26. The molecular weight excluding hydrogens is 317 g/mol. The van der Waals surface area contributed by atoms with Gasteiger partial charge in [-0.3, -0.25) is 9.59 Å². The van der Waals surface area contributed by atoms with Crippen molar-refractivity contribution in [3.8, 4) is 0 Å². The summed E-state index contributed by atoms with van der Waals surface area (Å²) < 4.78 is 13.5. The van der Waals surface area contributed by atoms with Crippen LogP contribution >= 0.6 is 15.9 Å². The average molecular weight is 328 g/mol. The second-order valence-corrected chi connectivity index (χ2v) is 5.13. The molecule has 1 aliphatic heterocycles. The van der Waals surface area contributed by atoms with Gasteiger partial charge in [-0.25, -0.2) is 4.39 Å². The molecule has 1 aliphatic rings. The van der Waals surface area contributed by atoms with Gasteiger partial charge in [-0.15, -0.1) is 0 Å². The van der Waals surface area contributed by atoms with Crippen LogP contribution in [0, 0.1) is 5.82 Å². The number of benzene rings is 1. The van der Waals surface area contributed by atoms with Crippen LogP contribution in [0.2, 0.25) is 0 Å². The molecule has 0 aromatic heterocycles. The first-order valence-electron chi connectivity index (χ1n) is 5.59. The summed E-state index contributed by atoms with van der Waals surface area (Å²) in [7, 11) is 0. The first kappa shape index (κ1) is 13.7. The molecule has 0 fully saturated rings. The Morgan fingerprint density at radius 2 is 2.21 bits per heavy atom. The number of amides is 1. The minimum Gasteiger partial charge on any atom is -0.511 e. The highest BCUT2D eigenvalue weighted by Crippen LogP contribution is 2.31. The molecule has 6 heteroatoms. The zero-order chi connectivity index (χ0) is 14.2. The molecular formula is C13H11BrFNO3. The number of Topliss-reactive ketones (excluding diaryl/α,β-unsaturated/α-hetero) is 1. The lowest BCUT2D eigenvalue weighted by Crippen LogP contribution is -2.37. The van der Waals surface area contributed by atoms with Gasteiger partial charge in [-0.05, 0) is 24.6 Å². The Morgan fingerprint density at radius 1 is 1.53 bits per heavy atom. The second-order valence-electron chi connectivity index (χ2n) is 4.27. The summed E-state index contributed by atoms with van der Waals surface area (Å²) in [5, 5.41) is 12.4. The van der Waals surface area contributed by atoms with Crippen molar-refractivity contribution in [2.75, 3.05) is 0 Å². The maximum absolute atomic E-state index is 13.0. The summed E-state index contributed by atoms with van der Waals surface area (Å²) in [5.74, 6) is -1.73. The van der Waals surface area contributed by atoms with E-state index >= 15 is 0 Å². The fourth-order valence-corrected chi connectivity index (χ4v) is 2.67. The van der Waals surface area contributed by atoms with Crippen molar-refractivity contribution in [1.29, 1.82) is 0 Å². The second kappa shape index (κ2) is 5.13. The highest BCUT2D eigenvalue weighted by molar-refractivity contribution is 9.10. The smallest absolute Gasteiger partial charge is 0.258 e. The lowest BCUT2D eigenvalue weighted by Gasteiger charge is -2.25. The van der Waals surface area contributed by atoms with Crippen LogP contribution in [-0.2, 0) is 9.59 Å². The van der Waals surface area contributed by atoms with Crippen LogP contribution in [0.1, 0.15) is 24.9 Å². The fourth-order valence-electron chi connectivity index (χ4n) is 2.04. The molecule has 4 nitrogen and oxygen atoms in total. The molecule has 2 rings (SSSR count). The van der Waals surface area contributed by atoms with Crippen molar-refractivity contribution < 1.29 is 19.1 Å². The molecule has 0 spiro atoms. The molecule has 1 aromatic carbocycles. The van der Waals surface area contributed by atoms with E-state index in [1.165, 1.54) is 25.1 Å². The van der Waals surface area contributed by atoms with Crippen LogP contribution < -0.4 is 5.32 Å². The van der Waals surface area contributed by atoms with Crippen molar-refractivity contribution >= 4 is 27.6 Å². The zero-order valence-electron chi connectivity index (χ0n) is 10.0. The number of ketones is 1. The maximum atomic E-state index is 13.0. The standard InChI is InChI=1S/C13H11BrFNO3/c1-6(17)12-11(18)5-10(16-13(12)19)8-3-2-7(15)4-9(8)14/h2-4,10,18H,5H2,1H3,(H,16,19)/t10-/m1/s1. The van der Waals surface area contributed by atoms with Crippen molar-refractivity contribution in [2.45, 2.75) is 19.4 Å². The van der Waals surface area contributed by atoms with E-state index < -0.39 is 23.5 Å².